The van der Waals surface area contributed by atoms with Crippen LogP contribution in [-0.4, -0.2) is 19.1 Å². The first-order valence-corrected chi connectivity index (χ1v) is 6.85. The van der Waals surface area contributed by atoms with Crippen molar-refractivity contribution in [1.82, 2.24) is 5.32 Å². The van der Waals surface area contributed by atoms with E-state index in [9.17, 15) is 4.79 Å². The van der Waals surface area contributed by atoms with Crippen LogP contribution in [0.15, 0.2) is 30.4 Å². The average Bonchev–Trinajstić information content (AvgIpc) is 2.37. The number of hydrogen-bond donors (Lipinski definition) is 2. The molecular formula is C16H24N2O2. The number of nitrogen functional groups attached to an aromatic ring is 1. The Kier molecular flexibility index (Phi) is 6.10. The SMILES string of the molecule is C=C(C)COc1cc(C(=O)NCCC(C)C)ccc1N. The molecule has 1 aromatic carbocycles. The van der Waals surface area contributed by atoms with Gasteiger partial charge in [0.15, 0.2) is 0 Å². The Hall–Kier alpha value is -1.97. The fraction of sp³-hybridized carbons (Fsp3) is 0.438. The Bertz CT molecular complexity index is 481. The summed E-state index contributed by atoms with van der Waals surface area (Å²) in [5, 5.41) is 2.89. The summed E-state index contributed by atoms with van der Waals surface area (Å²) < 4.78 is 5.53. The molecule has 0 aliphatic carbocycles. The molecule has 0 radical (unpaired) electrons. The Morgan fingerprint density at radius 2 is 2.15 bits per heavy atom. The van der Waals surface area contributed by atoms with Gasteiger partial charge in [-0.2, -0.15) is 0 Å². The number of anilines is 1. The molecule has 0 saturated heterocycles. The number of hydrogen-bond acceptors (Lipinski definition) is 3. The lowest BCUT2D eigenvalue weighted by Crippen LogP contribution is -2.25. The Morgan fingerprint density at radius 3 is 2.75 bits per heavy atom. The van der Waals surface area contributed by atoms with Gasteiger partial charge in [0.2, 0.25) is 0 Å². The molecule has 3 N–H and O–H groups in total. The van der Waals surface area contributed by atoms with Crippen molar-refractivity contribution in [2.45, 2.75) is 27.2 Å². The molecule has 4 nitrogen and oxygen atoms in total. The summed E-state index contributed by atoms with van der Waals surface area (Å²) in [5.74, 6) is 0.978. The molecule has 0 heterocycles. The normalized spacial score (nSPS) is 10.4. The fourth-order valence-corrected chi connectivity index (χ4v) is 1.58. The first-order chi connectivity index (χ1) is 9.40. The van der Waals surface area contributed by atoms with Crippen LogP contribution in [-0.2, 0) is 0 Å². The van der Waals surface area contributed by atoms with Crippen LogP contribution >= 0.6 is 0 Å². The lowest BCUT2D eigenvalue weighted by molar-refractivity contribution is 0.0951. The van der Waals surface area contributed by atoms with Gasteiger partial charge in [0.05, 0.1) is 5.69 Å². The van der Waals surface area contributed by atoms with E-state index in [0.29, 0.717) is 36.1 Å². The molecule has 1 aromatic rings. The van der Waals surface area contributed by atoms with Crippen LogP contribution in [0.5, 0.6) is 5.75 Å². The summed E-state index contributed by atoms with van der Waals surface area (Å²) in [6, 6.07) is 5.06. The van der Waals surface area contributed by atoms with Crippen molar-refractivity contribution >= 4 is 11.6 Å². The predicted octanol–water partition coefficient (Wildman–Crippen LogP) is 3.00. The standard InChI is InChI=1S/C16H24N2O2/c1-11(2)7-8-18-16(19)13-5-6-14(17)15(9-13)20-10-12(3)4/h5-6,9,11H,3,7-8,10,17H2,1-2,4H3,(H,18,19). The van der Waals surface area contributed by atoms with Gasteiger partial charge in [0.1, 0.15) is 12.4 Å². The third-order valence-corrected chi connectivity index (χ3v) is 2.76. The molecule has 1 rings (SSSR count). The summed E-state index contributed by atoms with van der Waals surface area (Å²) in [5.41, 5.74) is 7.80. The van der Waals surface area contributed by atoms with E-state index < -0.39 is 0 Å². The van der Waals surface area contributed by atoms with E-state index in [1.54, 1.807) is 18.2 Å². The second kappa shape index (κ2) is 7.58. The van der Waals surface area contributed by atoms with Crippen molar-refractivity contribution < 1.29 is 9.53 Å². The molecule has 0 atom stereocenters. The van der Waals surface area contributed by atoms with Crippen molar-refractivity contribution in [2.75, 3.05) is 18.9 Å². The van der Waals surface area contributed by atoms with E-state index in [2.05, 4.69) is 25.7 Å². The molecule has 0 bridgehead atoms. The van der Waals surface area contributed by atoms with Gasteiger partial charge in [-0.05, 0) is 43.0 Å². The van der Waals surface area contributed by atoms with Gasteiger partial charge in [0.25, 0.3) is 5.91 Å². The molecule has 0 aliphatic rings. The number of carbonyl (C=O) groups excluding carboxylic acids is 1. The average molecular weight is 276 g/mol. The zero-order valence-corrected chi connectivity index (χ0v) is 12.5. The molecule has 0 aromatic heterocycles. The van der Waals surface area contributed by atoms with Crippen LogP contribution in [0.2, 0.25) is 0 Å². The molecule has 4 heteroatoms. The number of rotatable bonds is 7. The molecule has 0 fully saturated rings. The van der Waals surface area contributed by atoms with Crippen LogP contribution < -0.4 is 15.8 Å². The molecule has 110 valence electrons. The summed E-state index contributed by atoms with van der Waals surface area (Å²) >= 11 is 0. The van der Waals surface area contributed by atoms with Gasteiger partial charge >= 0.3 is 0 Å². The van der Waals surface area contributed by atoms with Crippen LogP contribution in [0.25, 0.3) is 0 Å². The van der Waals surface area contributed by atoms with Gasteiger partial charge in [-0.15, -0.1) is 0 Å². The number of amides is 1. The topological polar surface area (TPSA) is 64.3 Å². The van der Waals surface area contributed by atoms with E-state index in [0.717, 1.165) is 12.0 Å². The minimum absolute atomic E-state index is 0.106. The second-order valence-corrected chi connectivity index (χ2v) is 5.44. The predicted molar refractivity (Wildman–Crippen MR) is 83.0 cm³/mol. The number of nitrogens with one attached hydrogen (secondary N) is 1. The highest BCUT2D eigenvalue weighted by Gasteiger charge is 2.09. The first-order valence-electron chi connectivity index (χ1n) is 6.85. The van der Waals surface area contributed by atoms with Crippen LogP contribution in [0, 0.1) is 5.92 Å². The fourth-order valence-electron chi connectivity index (χ4n) is 1.58. The quantitative estimate of drug-likeness (QED) is 0.594. The van der Waals surface area contributed by atoms with Gasteiger partial charge in [-0.3, -0.25) is 4.79 Å². The number of benzene rings is 1. The first kappa shape index (κ1) is 16.1. The Labute approximate surface area is 121 Å². The van der Waals surface area contributed by atoms with Gasteiger partial charge in [0, 0.05) is 12.1 Å². The van der Waals surface area contributed by atoms with Gasteiger partial charge in [-0.1, -0.05) is 20.4 Å². The van der Waals surface area contributed by atoms with E-state index in [-0.39, 0.29) is 5.91 Å². The molecular weight excluding hydrogens is 252 g/mol. The monoisotopic (exact) mass is 276 g/mol. The van der Waals surface area contributed by atoms with Gasteiger partial charge in [-0.25, -0.2) is 0 Å². The lowest BCUT2D eigenvalue weighted by atomic mass is 10.1. The molecule has 0 aliphatic heterocycles. The smallest absolute Gasteiger partial charge is 0.251 e. The van der Waals surface area contributed by atoms with Crippen LogP contribution in [0.1, 0.15) is 37.6 Å². The molecule has 0 spiro atoms. The summed E-state index contributed by atoms with van der Waals surface area (Å²) in [6.45, 7) is 11.0. The third kappa shape index (κ3) is 5.34. The van der Waals surface area contributed by atoms with Crippen molar-refractivity contribution in [3.8, 4) is 5.75 Å². The summed E-state index contributed by atoms with van der Waals surface area (Å²) in [6.07, 6.45) is 0.958. The maximum atomic E-state index is 12.0. The number of nitrogens with two attached hydrogens (primary N) is 1. The highest BCUT2D eigenvalue weighted by molar-refractivity contribution is 5.95. The zero-order valence-electron chi connectivity index (χ0n) is 12.5. The molecule has 0 unspecified atom stereocenters. The Balaban J connectivity index is 2.68. The minimum Gasteiger partial charge on any atom is -0.487 e. The number of carbonyl (C=O) groups is 1. The third-order valence-electron chi connectivity index (χ3n) is 2.76. The highest BCUT2D eigenvalue weighted by Crippen LogP contribution is 2.23. The van der Waals surface area contributed by atoms with Crippen LogP contribution in [0.4, 0.5) is 5.69 Å². The van der Waals surface area contributed by atoms with Gasteiger partial charge < -0.3 is 15.8 Å². The van der Waals surface area contributed by atoms with E-state index in [4.69, 9.17) is 10.5 Å². The second-order valence-electron chi connectivity index (χ2n) is 5.44. The zero-order chi connectivity index (χ0) is 15.1. The molecule has 0 saturated carbocycles. The number of ether oxygens (including phenoxy) is 1. The Morgan fingerprint density at radius 1 is 1.45 bits per heavy atom. The van der Waals surface area contributed by atoms with Crippen molar-refractivity contribution in [3.05, 3.63) is 35.9 Å². The van der Waals surface area contributed by atoms with Crippen molar-refractivity contribution in [2.24, 2.45) is 5.92 Å². The van der Waals surface area contributed by atoms with E-state index in [1.807, 2.05) is 6.92 Å². The minimum atomic E-state index is -0.106. The van der Waals surface area contributed by atoms with Crippen molar-refractivity contribution in [3.63, 3.8) is 0 Å². The summed E-state index contributed by atoms with van der Waals surface area (Å²) in [4.78, 5) is 12.0. The van der Waals surface area contributed by atoms with Crippen molar-refractivity contribution in [1.29, 1.82) is 0 Å². The maximum absolute atomic E-state index is 12.0. The highest BCUT2D eigenvalue weighted by atomic mass is 16.5. The largest absolute Gasteiger partial charge is 0.487 e. The van der Waals surface area contributed by atoms with E-state index in [1.165, 1.54) is 0 Å². The maximum Gasteiger partial charge on any atom is 0.251 e. The molecule has 20 heavy (non-hydrogen) atoms. The van der Waals surface area contributed by atoms with E-state index >= 15 is 0 Å². The molecule has 1 amide bonds. The summed E-state index contributed by atoms with van der Waals surface area (Å²) in [7, 11) is 0. The van der Waals surface area contributed by atoms with Crippen LogP contribution in [0.3, 0.4) is 0 Å². The lowest BCUT2D eigenvalue weighted by Gasteiger charge is -2.11.